The molecule has 250 valence electrons. The van der Waals surface area contributed by atoms with Gasteiger partial charge in [-0.3, -0.25) is 4.84 Å². The number of carboxylic acid groups (broad SMARTS) is 1. The number of oxime groups is 1. The molecule has 4 saturated carbocycles. The van der Waals surface area contributed by atoms with Crippen LogP contribution in [0.25, 0.3) is 0 Å². The van der Waals surface area contributed by atoms with E-state index >= 15 is 0 Å². The lowest BCUT2D eigenvalue weighted by molar-refractivity contribution is -0.122. The van der Waals surface area contributed by atoms with Gasteiger partial charge >= 0.3 is 12.2 Å². The Kier molecular flexibility index (Phi) is 9.36. The molecule has 1 saturated heterocycles. The number of likely N-dealkylation sites (tertiary alicyclic amines) is 1. The topological polar surface area (TPSA) is 91.7 Å². The van der Waals surface area contributed by atoms with Crippen LogP contribution in [0.15, 0.2) is 5.16 Å². The van der Waals surface area contributed by atoms with Crippen LogP contribution in [-0.2, 0) is 9.26 Å². The Morgan fingerprint density at radius 2 is 1.68 bits per heavy atom. The summed E-state index contributed by atoms with van der Waals surface area (Å²) >= 11 is 0. The van der Waals surface area contributed by atoms with Gasteiger partial charge in [0.2, 0.25) is 0 Å². The lowest BCUT2D eigenvalue weighted by Gasteiger charge is -2.61. The van der Waals surface area contributed by atoms with E-state index in [9.17, 15) is 14.7 Å². The van der Waals surface area contributed by atoms with Crippen molar-refractivity contribution in [3.8, 4) is 0 Å². The molecule has 1 unspecified atom stereocenters. The third-order valence-corrected chi connectivity index (χ3v) is 18.6. The van der Waals surface area contributed by atoms with E-state index in [1.807, 2.05) is 6.92 Å². The molecule has 0 aromatic carbocycles. The molecule has 5 rings (SSSR count). The first-order chi connectivity index (χ1) is 20.5. The second-order valence-corrected chi connectivity index (χ2v) is 22.1. The molecule has 9 heteroatoms. The minimum atomic E-state index is -1.76. The van der Waals surface area contributed by atoms with Gasteiger partial charge in [-0.05, 0) is 130 Å². The maximum atomic E-state index is 12.8. The van der Waals surface area contributed by atoms with E-state index in [1.165, 1.54) is 61.2 Å². The number of hydrogen-bond donors (Lipinski definition) is 1. The predicted molar refractivity (Wildman–Crippen MR) is 177 cm³/mol. The number of rotatable bonds is 6. The molecule has 1 aliphatic heterocycles. The molecule has 5 aliphatic rings. The van der Waals surface area contributed by atoms with Gasteiger partial charge in [-0.2, -0.15) is 0 Å². The van der Waals surface area contributed by atoms with E-state index < -0.39 is 20.5 Å². The van der Waals surface area contributed by atoms with E-state index in [0.717, 1.165) is 42.7 Å². The standard InChI is InChI=1S/C35H61N3O5Si/c1-23(36-42-32(41)37(7)22-25-11-10-20-38(25)31(39)40)28-14-15-29-27-13-12-24-21-26(43-44(8,9)33(2,3)4)16-18-34(24,5)30(27)17-19-35(28,29)6/h24-30H,10-22H2,1-9H3,(H,39,40)/b36-23+/t24?,25-,26+,27-,28+,29-,30-,34-,35+/m0/s1. The maximum absolute atomic E-state index is 12.8. The van der Waals surface area contributed by atoms with Gasteiger partial charge in [0.25, 0.3) is 0 Å². The maximum Gasteiger partial charge on any atom is 0.435 e. The summed E-state index contributed by atoms with van der Waals surface area (Å²) < 4.78 is 6.96. The molecule has 0 radical (unpaired) electrons. The first-order valence-corrected chi connectivity index (χ1v) is 20.5. The van der Waals surface area contributed by atoms with Crippen LogP contribution in [0.5, 0.6) is 0 Å². The van der Waals surface area contributed by atoms with Crippen molar-refractivity contribution >= 4 is 26.2 Å². The number of nitrogens with zero attached hydrogens (tertiary/aromatic N) is 3. The van der Waals surface area contributed by atoms with Gasteiger partial charge < -0.3 is 19.3 Å². The molecule has 0 spiro atoms. The molecular weight excluding hydrogens is 570 g/mol. The Morgan fingerprint density at radius 1 is 1.00 bits per heavy atom. The van der Waals surface area contributed by atoms with Crippen LogP contribution >= 0.6 is 0 Å². The number of carbonyl (C=O) groups is 2. The van der Waals surface area contributed by atoms with E-state index in [4.69, 9.17) is 9.26 Å². The highest BCUT2D eigenvalue weighted by Crippen LogP contribution is 2.67. The van der Waals surface area contributed by atoms with Crippen molar-refractivity contribution < 1.29 is 24.0 Å². The largest absolute Gasteiger partial charge is 0.465 e. The minimum Gasteiger partial charge on any atom is -0.465 e. The summed E-state index contributed by atoms with van der Waals surface area (Å²) in [6.07, 6.45) is 11.9. The van der Waals surface area contributed by atoms with Gasteiger partial charge in [0.1, 0.15) is 0 Å². The van der Waals surface area contributed by atoms with Crippen LogP contribution in [0.4, 0.5) is 9.59 Å². The van der Waals surface area contributed by atoms with Gasteiger partial charge in [0.15, 0.2) is 8.32 Å². The van der Waals surface area contributed by atoms with Crippen LogP contribution in [0.1, 0.15) is 112 Å². The molecule has 4 aliphatic carbocycles. The van der Waals surface area contributed by atoms with Gasteiger partial charge in [0, 0.05) is 32.2 Å². The number of amides is 2. The summed E-state index contributed by atoms with van der Waals surface area (Å²) in [5.41, 5.74) is 1.56. The lowest BCUT2D eigenvalue weighted by atomic mass is 9.44. The van der Waals surface area contributed by atoms with Crippen LogP contribution < -0.4 is 0 Å². The molecule has 0 aromatic heterocycles. The van der Waals surface area contributed by atoms with E-state index in [-0.39, 0.29) is 16.5 Å². The molecule has 0 aromatic rings. The van der Waals surface area contributed by atoms with Crippen molar-refractivity contribution in [2.45, 2.75) is 142 Å². The Bertz CT molecular complexity index is 1120. The monoisotopic (exact) mass is 631 g/mol. The van der Waals surface area contributed by atoms with Crippen LogP contribution in [0, 0.1) is 40.4 Å². The first kappa shape index (κ1) is 33.7. The van der Waals surface area contributed by atoms with Gasteiger partial charge in [-0.25, -0.2) is 9.59 Å². The van der Waals surface area contributed by atoms with Crippen molar-refractivity contribution in [1.82, 2.24) is 9.80 Å². The molecule has 1 heterocycles. The molecular formula is C35H61N3O5Si. The molecule has 8 nitrogen and oxygen atoms in total. The number of hydrogen-bond acceptors (Lipinski definition) is 5. The summed E-state index contributed by atoms with van der Waals surface area (Å²) in [5, 5.41) is 14.1. The SMILES string of the molecule is C/C(=N\OC(=O)N(C)C[C@@H]1CCCN1C(=O)O)[C@H]1CC[C@H]2[C@@H]3CCC4C[C@H](O[Si](C)(C)C(C)(C)C)CC[C@]4(C)[C@H]3CC[C@]12C. The minimum absolute atomic E-state index is 0.184. The van der Waals surface area contributed by atoms with Gasteiger partial charge in [-0.15, -0.1) is 0 Å². The molecule has 9 atom stereocenters. The Balaban J connectivity index is 1.19. The highest BCUT2D eigenvalue weighted by Gasteiger charge is 2.61. The van der Waals surface area contributed by atoms with Crippen molar-refractivity contribution in [2.75, 3.05) is 20.1 Å². The fourth-order valence-corrected chi connectivity index (χ4v) is 11.9. The average Bonchev–Trinajstić information content (AvgIpc) is 3.55. The zero-order chi connectivity index (χ0) is 32.2. The number of likely N-dealkylation sites (N-methyl/N-ethyl adjacent to an activating group) is 1. The third-order valence-electron chi connectivity index (χ3n) is 14.1. The normalized spacial score (nSPS) is 39.3. The first-order valence-electron chi connectivity index (χ1n) is 17.6. The van der Waals surface area contributed by atoms with Crippen LogP contribution in [-0.4, -0.2) is 73.4 Å². The highest BCUT2D eigenvalue weighted by molar-refractivity contribution is 6.74. The Hall–Kier alpha value is -1.61. The van der Waals surface area contributed by atoms with Gasteiger partial charge in [-0.1, -0.05) is 39.8 Å². The Labute approximate surface area is 267 Å². The van der Waals surface area contributed by atoms with Crippen LogP contribution in [0.2, 0.25) is 18.1 Å². The summed E-state index contributed by atoms with van der Waals surface area (Å²) in [6.45, 7) is 19.9. The molecule has 5 fully saturated rings. The van der Waals surface area contributed by atoms with Crippen LogP contribution in [0.3, 0.4) is 0 Å². The molecule has 0 bridgehead atoms. The molecule has 44 heavy (non-hydrogen) atoms. The summed E-state index contributed by atoms with van der Waals surface area (Å²) in [7, 11) is -0.0880. The van der Waals surface area contributed by atoms with E-state index in [0.29, 0.717) is 36.4 Å². The fourth-order valence-electron chi connectivity index (χ4n) is 10.5. The van der Waals surface area contributed by atoms with Crippen molar-refractivity contribution in [2.24, 2.45) is 45.6 Å². The number of carbonyl (C=O) groups excluding carboxylic acids is 1. The van der Waals surface area contributed by atoms with E-state index in [2.05, 4.69) is 52.9 Å². The second kappa shape index (κ2) is 12.2. The zero-order valence-electron chi connectivity index (χ0n) is 29.2. The second-order valence-electron chi connectivity index (χ2n) is 17.3. The fraction of sp³-hybridized carbons (Fsp3) is 0.914. The summed E-state index contributed by atoms with van der Waals surface area (Å²) in [5.74, 6) is 3.40. The highest BCUT2D eigenvalue weighted by atomic mass is 28.4. The van der Waals surface area contributed by atoms with Crippen molar-refractivity contribution in [3.05, 3.63) is 0 Å². The zero-order valence-corrected chi connectivity index (χ0v) is 30.2. The lowest BCUT2D eigenvalue weighted by Crippen LogP contribution is -2.55. The summed E-state index contributed by atoms with van der Waals surface area (Å²) in [6, 6.07) is -0.184. The van der Waals surface area contributed by atoms with Gasteiger partial charge in [0.05, 0.1) is 11.8 Å². The quantitative estimate of drug-likeness (QED) is 0.137. The smallest absolute Gasteiger partial charge is 0.435 e. The molecule has 2 amide bonds. The summed E-state index contributed by atoms with van der Waals surface area (Å²) in [4.78, 5) is 32.7. The van der Waals surface area contributed by atoms with E-state index in [1.54, 1.807) is 7.05 Å². The Morgan fingerprint density at radius 3 is 2.36 bits per heavy atom. The van der Waals surface area contributed by atoms with Crippen molar-refractivity contribution in [1.29, 1.82) is 0 Å². The number of fused-ring (bicyclic) bond motifs is 5. The predicted octanol–water partition coefficient (Wildman–Crippen LogP) is 8.62. The molecule has 1 N–H and O–H groups in total. The third kappa shape index (κ3) is 6.10. The van der Waals surface area contributed by atoms with Crippen molar-refractivity contribution in [3.63, 3.8) is 0 Å². The average molecular weight is 632 g/mol.